The zero-order valence-electron chi connectivity index (χ0n) is 16.5. The molecule has 26 heavy (non-hydrogen) atoms. The van der Waals surface area contributed by atoms with Gasteiger partial charge in [-0.25, -0.2) is 0 Å². The number of benzene rings is 2. The molecule has 0 spiro atoms. The van der Waals surface area contributed by atoms with Crippen LogP contribution >= 0.6 is 0 Å². The molecule has 0 unspecified atom stereocenters. The summed E-state index contributed by atoms with van der Waals surface area (Å²) in [5.74, 6) is 0.633. The van der Waals surface area contributed by atoms with Gasteiger partial charge in [-0.1, -0.05) is 57.2 Å². The average molecular weight is 371 g/mol. The first-order valence-electron chi connectivity index (χ1n) is 9.12. The molecular formula is C22H30O3Si. The molecule has 0 heterocycles. The molecule has 0 aliphatic heterocycles. The van der Waals surface area contributed by atoms with Gasteiger partial charge in [0.15, 0.2) is 14.6 Å². The monoisotopic (exact) mass is 370 g/mol. The van der Waals surface area contributed by atoms with Crippen molar-refractivity contribution in [3.63, 3.8) is 0 Å². The Morgan fingerprint density at radius 2 is 1.69 bits per heavy atom. The highest BCUT2D eigenvalue weighted by Gasteiger charge is 2.36. The van der Waals surface area contributed by atoms with Crippen molar-refractivity contribution in [2.45, 2.75) is 51.9 Å². The van der Waals surface area contributed by atoms with E-state index >= 15 is 0 Å². The molecule has 2 aromatic rings. The second-order valence-corrected chi connectivity index (χ2v) is 12.9. The first kappa shape index (κ1) is 20.4. The van der Waals surface area contributed by atoms with Crippen LogP contribution in [-0.4, -0.2) is 21.2 Å². The molecule has 0 atom stereocenters. The summed E-state index contributed by atoms with van der Waals surface area (Å²) in [5, 5.41) is 0.207. The van der Waals surface area contributed by atoms with E-state index < -0.39 is 8.32 Å². The lowest BCUT2D eigenvalue weighted by Crippen LogP contribution is -2.41. The number of hydrogen-bond acceptors (Lipinski definition) is 3. The quantitative estimate of drug-likeness (QED) is 0.445. The minimum absolute atomic E-state index is 0.207. The van der Waals surface area contributed by atoms with E-state index in [2.05, 4.69) is 33.9 Å². The number of ether oxygens (including phenoxy) is 1. The predicted molar refractivity (Wildman–Crippen MR) is 109 cm³/mol. The molecule has 2 rings (SSSR count). The summed E-state index contributed by atoms with van der Waals surface area (Å²) < 4.78 is 12.1. The van der Waals surface area contributed by atoms with E-state index in [0.29, 0.717) is 24.5 Å². The Bertz CT molecular complexity index is 718. The summed E-state index contributed by atoms with van der Waals surface area (Å²) in [6.45, 7) is 12.4. The summed E-state index contributed by atoms with van der Waals surface area (Å²) in [4.78, 5) is 11.3. The molecule has 0 amide bonds. The van der Waals surface area contributed by atoms with E-state index in [0.717, 1.165) is 23.8 Å². The van der Waals surface area contributed by atoms with Crippen molar-refractivity contribution in [1.29, 1.82) is 0 Å². The highest BCUT2D eigenvalue weighted by atomic mass is 28.4. The second kappa shape index (κ2) is 8.65. The Labute approximate surface area is 158 Å². The summed E-state index contributed by atoms with van der Waals surface area (Å²) in [7, 11) is -1.74. The highest BCUT2D eigenvalue weighted by Crippen LogP contribution is 2.36. The van der Waals surface area contributed by atoms with E-state index in [-0.39, 0.29) is 5.04 Å². The van der Waals surface area contributed by atoms with Crippen molar-refractivity contribution < 1.29 is 14.0 Å². The number of carbonyl (C=O) groups excluding carboxylic acids is 1. The fourth-order valence-corrected chi connectivity index (χ4v) is 3.38. The molecule has 2 aromatic carbocycles. The molecule has 0 aliphatic rings. The average Bonchev–Trinajstić information content (AvgIpc) is 2.60. The van der Waals surface area contributed by atoms with Gasteiger partial charge < -0.3 is 9.16 Å². The van der Waals surface area contributed by atoms with E-state index in [1.54, 1.807) is 0 Å². The molecule has 0 fully saturated rings. The van der Waals surface area contributed by atoms with Crippen molar-refractivity contribution in [2.24, 2.45) is 0 Å². The molecule has 140 valence electrons. The van der Waals surface area contributed by atoms with Crippen molar-refractivity contribution in [2.75, 3.05) is 6.61 Å². The van der Waals surface area contributed by atoms with Gasteiger partial charge in [0.05, 0.1) is 5.56 Å². The summed E-state index contributed by atoms with van der Waals surface area (Å²) in [5.41, 5.74) is 2.78. The molecule has 0 N–H and O–H groups in total. The Morgan fingerprint density at radius 3 is 2.31 bits per heavy atom. The molecule has 0 saturated heterocycles. The van der Waals surface area contributed by atoms with Crippen LogP contribution in [0.3, 0.4) is 0 Å². The number of rotatable bonds is 8. The van der Waals surface area contributed by atoms with Crippen LogP contribution in [0.4, 0.5) is 0 Å². The summed E-state index contributed by atoms with van der Waals surface area (Å²) in [6.07, 6.45) is 1.66. The van der Waals surface area contributed by atoms with Gasteiger partial charge >= 0.3 is 0 Å². The molecule has 4 heteroatoms. The first-order valence-corrected chi connectivity index (χ1v) is 12.0. The third kappa shape index (κ3) is 5.54. The van der Waals surface area contributed by atoms with Crippen LogP contribution in [0.2, 0.25) is 18.1 Å². The third-order valence-electron chi connectivity index (χ3n) is 5.10. The maximum Gasteiger partial charge on any atom is 0.191 e. The van der Waals surface area contributed by atoms with E-state index in [9.17, 15) is 4.79 Å². The van der Waals surface area contributed by atoms with Crippen molar-refractivity contribution >= 4 is 14.6 Å². The van der Waals surface area contributed by atoms with Crippen LogP contribution in [-0.2, 0) is 17.5 Å². The molecule has 0 radical (unpaired) electrons. The third-order valence-corrected chi connectivity index (χ3v) is 9.64. The van der Waals surface area contributed by atoms with Crippen LogP contribution in [0.25, 0.3) is 0 Å². The van der Waals surface area contributed by atoms with Crippen LogP contribution in [0.1, 0.15) is 42.3 Å². The van der Waals surface area contributed by atoms with Gasteiger partial charge in [-0.3, -0.25) is 4.79 Å². The lowest BCUT2D eigenvalue weighted by atomic mass is 10.1. The smallest absolute Gasteiger partial charge is 0.191 e. The van der Waals surface area contributed by atoms with Gasteiger partial charge in [-0.2, -0.15) is 0 Å². The highest BCUT2D eigenvalue weighted by molar-refractivity contribution is 6.74. The lowest BCUT2D eigenvalue weighted by molar-refractivity contribution is 0.111. The predicted octanol–water partition coefficient (Wildman–Crippen LogP) is 5.64. The molecule has 0 saturated carbocycles. The normalized spacial score (nSPS) is 12.0. The number of hydrogen-bond donors (Lipinski definition) is 0. The Morgan fingerprint density at radius 1 is 1.00 bits per heavy atom. The maximum atomic E-state index is 11.3. The lowest BCUT2D eigenvalue weighted by Gasteiger charge is -2.36. The molecule has 3 nitrogen and oxygen atoms in total. The summed E-state index contributed by atoms with van der Waals surface area (Å²) in [6, 6.07) is 15.7. The van der Waals surface area contributed by atoms with Gasteiger partial charge in [0, 0.05) is 6.61 Å². The molecule has 0 aliphatic carbocycles. The van der Waals surface area contributed by atoms with Crippen LogP contribution in [0.5, 0.6) is 5.75 Å². The van der Waals surface area contributed by atoms with E-state index in [1.807, 2.05) is 48.5 Å². The number of carbonyl (C=O) groups is 1. The fourth-order valence-electron chi connectivity index (χ4n) is 2.33. The zero-order chi connectivity index (χ0) is 19.2. The standard InChI is InChI=1S/C22H30O3Si/c1-22(2,3)26(4,5)25-14-13-18-11-12-20(16-23)21(15-18)24-17-19-9-7-6-8-10-19/h6-12,15-16H,13-14,17H2,1-5H3. The minimum Gasteiger partial charge on any atom is -0.488 e. The Hall–Kier alpha value is -1.91. The van der Waals surface area contributed by atoms with Crippen molar-refractivity contribution in [3.05, 3.63) is 65.2 Å². The molecule has 0 aromatic heterocycles. The van der Waals surface area contributed by atoms with Gasteiger partial charge in [-0.15, -0.1) is 0 Å². The Balaban J connectivity index is 2.01. The first-order chi connectivity index (χ1) is 12.2. The number of aldehydes is 1. The SMILES string of the molecule is CC(C)(C)[Si](C)(C)OCCc1ccc(C=O)c(OCc2ccccc2)c1. The van der Waals surface area contributed by atoms with Crippen molar-refractivity contribution in [3.8, 4) is 5.75 Å². The Kier molecular flexibility index (Phi) is 6.79. The van der Waals surface area contributed by atoms with Gasteiger partial charge in [0.2, 0.25) is 0 Å². The van der Waals surface area contributed by atoms with Crippen molar-refractivity contribution in [1.82, 2.24) is 0 Å². The van der Waals surface area contributed by atoms with Gasteiger partial charge in [0.1, 0.15) is 12.4 Å². The topological polar surface area (TPSA) is 35.5 Å². The molecular weight excluding hydrogens is 340 g/mol. The zero-order valence-corrected chi connectivity index (χ0v) is 17.5. The van der Waals surface area contributed by atoms with E-state index in [1.165, 1.54) is 0 Å². The van der Waals surface area contributed by atoms with Gasteiger partial charge in [-0.05, 0) is 47.8 Å². The van der Waals surface area contributed by atoms with Crippen LogP contribution in [0.15, 0.2) is 48.5 Å². The van der Waals surface area contributed by atoms with Crippen LogP contribution in [0, 0.1) is 0 Å². The van der Waals surface area contributed by atoms with Crippen LogP contribution < -0.4 is 4.74 Å². The summed E-state index contributed by atoms with van der Waals surface area (Å²) >= 11 is 0. The van der Waals surface area contributed by atoms with E-state index in [4.69, 9.17) is 9.16 Å². The fraction of sp³-hybridized carbons (Fsp3) is 0.409. The largest absolute Gasteiger partial charge is 0.488 e. The minimum atomic E-state index is -1.74. The molecule has 0 bridgehead atoms. The second-order valence-electron chi connectivity index (χ2n) is 8.12. The maximum absolute atomic E-state index is 11.3. The van der Waals surface area contributed by atoms with Gasteiger partial charge in [0.25, 0.3) is 0 Å².